The highest BCUT2D eigenvalue weighted by Gasteiger charge is 2.43. The molecule has 2 fully saturated rings. The lowest BCUT2D eigenvalue weighted by molar-refractivity contribution is -0.138. The smallest absolute Gasteiger partial charge is 0.277 e. The molecule has 2 unspecified atom stereocenters. The van der Waals surface area contributed by atoms with Gasteiger partial charge in [-0.2, -0.15) is 0 Å². The van der Waals surface area contributed by atoms with E-state index in [0.717, 1.165) is 29.8 Å². The third-order valence-electron chi connectivity index (χ3n) is 6.27. The Labute approximate surface area is 184 Å². The first-order valence-electron chi connectivity index (χ1n) is 11.2. The second-order valence-corrected chi connectivity index (χ2v) is 8.92. The van der Waals surface area contributed by atoms with E-state index >= 15 is 0 Å². The van der Waals surface area contributed by atoms with Crippen LogP contribution < -0.4 is 0 Å². The molecule has 1 aromatic rings. The lowest BCUT2D eigenvalue weighted by atomic mass is 9.97. The quantitative estimate of drug-likeness (QED) is 0.668. The molecule has 2 saturated heterocycles. The average molecular weight is 428 g/mol. The van der Waals surface area contributed by atoms with Gasteiger partial charge in [-0.25, -0.2) is 0 Å². The molecule has 168 valence electrons. The van der Waals surface area contributed by atoms with Gasteiger partial charge in [0, 0.05) is 39.3 Å². The van der Waals surface area contributed by atoms with Gasteiger partial charge >= 0.3 is 0 Å². The zero-order valence-corrected chi connectivity index (χ0v) is 19.0. The third-order valence-corrected chi connectivity index (χ3v) is 6.27. The second-order valence-electron chi connectivity index (χ2n) is 8.92. The lowest BCUT2D eigenvalue weighted by Gasteiger charge is -2.37. The molecule has 0 bridgehead atoms. The lowest BCUT2D eigenvalue weighted by Crippen LogP contribution is -2.48. The van der Waals surface area contributed by atoms with Crippen molar-refractivity contribution in [2.45, 2.75) is 39.9 Å². The van der Waals surface area contributed by atoms with Crippen molar-refractivity contribution in [3.8, 4) is 0 Å². The number of imide groups is 1. The minimum absolute atomic E-state index is 0.00177. The summed E-state index contributed by atoms with van der Waals surface area (Å²) in [6.45, 7) is 13.4. The predicted octanol–water partition coefficient (Wildman–Crippen LogP) is 1.82. The summed E-state index contributed by atoms with van der Waals surface area (Å²) >= 11 is 0. The van der Waals surface area contributed by atoms with Gasteiger partial charge in [0.25, 0.3) is 11.8 Å². The fraction of sp³-hybridized carbons (Fsp3) is 0.583. The number of benzene rings is 1. The molecule has 0 N–H and O–H groups in total. The summed E-state index contributed by atoms with van der Waals surface area (Å²) in [6, 6.07) is 6.05. The normalized spacial score (nSPS) is 25.7. The standard InChI is InChI=1S/C24H33N3O4/c1-16-5-6-20(17(2)13-16)21-22(26-14-18(3)31-19(4)15-26)24(29)27(23(21)28)8-7-25-9-11-30-12-10-25/h5-6,13,18-19H,7-12,14-15H2,1-4H3. The molecule has 0 radical (unpaired) electrons. The van der Waals surface area contributed by atoms with Crippen molar-refractivity contribution in [1.29, 1.82) is 0 Å². The van der Waals surface area contributed by atoms with Crippen LogP contribution in [0.25, 0.3) is 5.57 Å². The topological polar surface area (TPSA) is 62.3 Å². The molecular formula is C24H33N3O4. The molecule has 0 spiro atoms. The number of hydrogen-bond donors (Lipinski definition) is 0. The summed E-state index contributed by atoms with van der Waals surface area (Å²) in [6.07, 6.45) is 0.00355. The number of morpholine rings is 2. The minimum atomic E-state index is -0.188. The van der Waals surface area contributed by atoms with Crippen LogP contribution in [-0.2, 0) is 19.1 Å². The monoisotopic (exact) mass is 427 g/mol. The van der Waals surface area contributed by atoms with E-state index in [9.17, 15) is 9.59 Å². The van der Waals surface area contributed by atoms with Crippen LogP contribution in [0.1, 0.15) is 30.5 Å². The summed E-state index contributed by atoms with van der Waals surface area (Å²) in [4.78, 5) is 32.9. The number of nitrogens with zero attached hydrogens (tertiary/aromatic N) is 3. The Morgan fingerprint density at radius 2 is 1.65 bits per heavy atom. The second kappa shape index (κ2) is 9.10. The Hall–Kier alpha value is -2.22. The number of rotatable bonds is 5. The Kier molecular flexibility index (Phi) is 6.46. The molecule has 7 heteroatoms. The van der Waals surface area contributed by atoms with Crippen LogP contribution in [0.5, 0.6) is 0 Å². The number of amides is 2. The van der Waals surface area contributed by atoms with Gasteiger partial charge in [0.1, 0.15) is 5.70 Å². The van der Waals surface area contributed by atoms with E-state index in [2.05, 4.69) is 15.9 Å². The molecule has 0 aliphatic carbocycles. The van der Waals surface area contributed by atoms with E-state index in [1.54, 1.807) is 0 Å². The van der Waals surface area contributed by atoms with Gasteiger partial charge in [0.05, 0.1) is 31.0 Å². The Balaban J connectivity index is 1.67. The molecule has 3 aliphatic heterocycles. The van der Waals surface area contributed by atoms with Crippen LogP contribution in [0, 0.1) is 13.8 Å². The first-order valence-corrected chi connectivity index (χ1v) is 11.2. The van der Waals surface area contributed by atoms with Crippen molar-refractivity contribution in [2.24, 2.45) is 0 Å². The summed E-state index contributed by atoms with van der Waals surface area (Å²) < 4.78 is 11.3. The van der Waals surface area contributed by atoms with Gasteiger partial charge in [0.15, 0.2) is 0 Å². The molecule has 0 saturated carbocycles. The maximum Gasteiger partial charge on any atom is 0.277 e. The average Bonchev–Trinajstić information content (AvgIpc) is 2.96. The molecule has 2 atom stereocenters. The number of aryl methyl sites for hydroxylation is 2. The maximum atomic E-state index is 13.6. The number of carbonyl (C=O) groups is 2. The molecule has 3 heterocycles. The summed E-state index contributed by atoms with van der Waals surface area (Å²) in [5.41, 5.74) is 4.06. The van der Waals surface area contributed by atoms with Crippen LogP contribution in [-0.4, -0.2) is 91.2 Å². The van der Waals surface area contributed by atoms with Gasteiger partial charge in [-0.05, 0) is 38.8 Å². The third kappa shape index (κ3) is 4.54. The fourth-order valence-electron chi connectivity index (χ4n) is 4.82. The molecule has 1 aromatic carbocycles. The van der Waals surface area contributed by atoms with Crippen molar-refractivity contribution in [3.63, 3.8) is 0 Å². The highest BCUT2D eigenvalue weighted by Crippen LogP contribution is 2.34. The van der Waals surface area contributed by atoms with E-state index < -0.39 is 0 Å². The van der Waals surface area contributed by atoms with Crippen molar-refractivity contribution in [2.75, 3.05) is 52.5 Å². The van der Waals surface area contributed by atoms with Crippen molar-refractivity contribution in [1.82, 2.24) is 14.7 Å². The molecule has 2 amide bonds. The zero-order valence-electron chi connectivity index (χ0n) is 19.0. The predicted molar refractivity (Wildman–Crippen MR) is 118 cm³/mol. The fourth-order valence-corrected chi connectivity index (χ4v) is 4.82. The van der Waals surface area contributed by atoms with Crippen LogP contribution in [0.15, 0.2) is 23.9 Å². The molecule has 3 aliphatic rings. The Morgan fingerprint density at radius 1 is 0.968 bits per heavy atom. The van der Waals surface area contributed by atoms with Crippen LogP contribution in [0.2, 0.25) is 0 Å². The molecule has 0 aromatic heterocycles. The largest absolute Gasteiger partial charge is 0.379 e. The molecule has 4 rings (SSSR count). The highest BCUT2D eigenvalue weighted by atomic mass is 16.5. The highest BCUT2D eigenvalue weighted by molar-refractivity contribution is 6.35. The first-order chi connectivity index (χ1) is 14.8. The van der Waals surface area contributed by atoms with Gasteiger partial charge < -0.3 is 14.4 Å². The van der Waals surface area contributed by atoms with E-state index in [4.69, 9.17) is 9.47 Å². The zero-order chi connectivity index (χ0) is 22.1. The van der Waals surface area contributed by atoms with Crippen LogP contribution >= 0.6 is 0 Å². The summed E-state index contributed by atoms with van der Waals surface area (Å²) in [5, 5.41) is 0. The summed E-state index contributed by atoms with van der Waals surface area (Å²) in [7, 11) is 0. The molecular weight excluding hydrogens is 394 g/mol. The Morgan fingerprint density at radius 3 is 2.29 bits per heavy atom. The van der Waals surface area contributed by atoms with Crippen LogP contribution in [0.3, 0.4) is 0 Å². The number of ether oxygens (including phenoxy) is 2. The number of hydrogen-bond acceptors (Lipinski definition) is 6. The van der Waals surface area contributed by atoms with Gasteiger partial charge in [-0.1, -0.05) is 23.8 Å². The van der Waals surface area contributed by atoms with Gasteiger partial charge in [-0.3, -0.25) is 19.4 Å². The maximum absolute atomic E-state index is 13.6. The van der Waals surface area contributed by atoms with Gasteiger partial charge in [0.2, 0.25) is 0 Å². The SMILES string of the molecule is Cc1ccc(C2=C(N3CC(C)OC(C)C3)C(=O)N(CCN3CCOCC3)C2=O)c(C)c1. The molecule has 7 nitrogen and oxygen atoms in total. The van der Waals surface area contributed by atoms with Gasteiger partial charge in [-0.15, -0.1) is 0 Å². The molecule has 31 heavy (non-hydrogen) atoms. The number of carbonyl (C=O) groups excluding carboxylic acids is 2. The first kappa shape index (κ1) is 22.0. The van der Waals surface area contributed by atoms with Crippen molar-refractivity contribution < 1.29 is 19.1 Å². The van der Waals surface area contributed by atoms with Crippen molar-refractivity contribution in [3.05, 3.63) is 40.6 Å². The summed E-state index contributed by atoms with van der Waals surface area (Å²) in [5.74, 6) is -0.374. The minimum Gasteiger partial charge on any atom is -0.379 e. The van der Waals surface area contributed by atoms with E-state index in [-0.39, 0.29) is 24.0 Å². The van der Waals surface area contributed by atoms with E-state index in [1.807, 2.05) is 39.8 Å². The van der Waals surface area contributed by atoms with E-state index in [0.29, 0.717) is 50.7 Å². The van der Waals surface area contributed by atoms with E-state index in [1.165, 1.54) is 4.90 Å². The van der Waals surface area contributed by atoms with Crippen LogP contribution in [0.4, 0.5) is 0 Å². The van der Waals surface area contributed by atoms with Crippen molar-refractivity contribution >= 4 is 17.4 Å². The Bertz CT molecular complexity index is 881.